The predicted molar refractivity (Wildman–Crippen MR) is 101 cm³/mol. The van der Waals surface area contributed by atoms with E-state index in [-0.39, 0.29) is 12.2 Å². The van der Waals surface area contributed by atoms with E-state index in [1.165, 1.54) is 7.11 Å². The molecule has 0 saturated carbocycles. The number of hydrogen-bond acceptors (Lipinski definition) is 5. The second kappa shape index (κ2) is 7.09. The van der Waals surface area contributed by atoms with E-state index in [9.17, 15) is 4.79 Å². The molecule has 0 saturated heterocycles. The molecule has 0 aliphatic rings. The summed E-state index contributed by atoms with van der Waals surface area (Å²) >= 11 is 0. The van der Waals surface area contributed by atoms with Gasteiger partial charge in [0.25, 0.3) is 0 Å². The molecule has 0 fully saturated rings. The van der Waals surface area contributed by atoms with Crippen molar-refractivity contribution in [3.8, 4) is 23.1 Å². The van der Waals surface area contributed by atoms with Crippen LogP contribution in [0.5, 0.6) is 0 Å². The highest BCUT2D eigenvalue weighted by molar-refractivity contribution is 5.98. The van der Waals surface area contributed by atoms with Crippen LogP contribution in [0.15, 0.2) is 24.8 Å². The van der Waals surface area contributed by atoms with Crippen molar-refractivity contribution >= 4 is 28.8 Å². The normalized spacial score (nSPS) is 10.8. The Bertz CT molecular complexity index is 1260. The Hall–Kier alpha value is -3.77. The Balaban J connectivity index is 1.92. The van der Waals surface area contributed by atoms with Crippen molar-refractivity contribution < 1.29 is 13.9 Å². The third-order valence-electron chi connectivity index (χ3n) is 4.32. The molecule has 1 aromatic carbocycles. The van der Waals surface area contributed by atoms with Crippen LogP contribution in [0.3, 0.4) is 0 Å². The average molecular weight is 378 g/mol. The summed E-state index contributed by atoms with van der Waals surface area (Å²) in [6.45, 7) is 1.88. The highest BCUT2D eigenvalue weighted by Crippen LogP contribution is 2.34. The summed E-state index contributed by atoms with van der Waals surface area (Å²) < 4.78 is 21.7. The van der Waals surface area contributed by atoms with Crippen LogP contribution < -0.4 is 5.32 Å². The highest BCUT2D eigenvalue weighted by atomic mass is 19.1. The van der Waals surface area contributed by atoms with Gasteiger partial charge in [0.1, 0.15) is 12.4 Å². The molecule has 140 valence electrons. The molecule has 0 unspecified atom stereocenters. The Morgan fingerprint density at radius 1 is 1.39 bits per heavy atom. The third kappa shape index (κ3) is 2.86. The topological polar surface area (TPSA) is 97.2 Å². The summed E-state index contributed by atoms with van der Waals surface area (Å²) in [4.78, 5) is 19.3. The molecule has 4 aromatic rings. The van der Waals surface area contributed by atoms with E-state index < -0.39 is 5.82 Å². The van der Waals surface area contributed by atoms with Crippen LogP contribution >= 0.6 is 0 Å². The largest absolute Gasteiger partial charge is 0.372 e. The minimum absolute atomic E-state index is 0.200. The van der Waals surface area contributed by atoms with E-state index >= 15 is 4.39 Å². The molecule has 2 N–H and O–H groups in total. The third-order valence-corrected chi connectivity index (χ3v) is 4.32. The zero-order valence-electron chi connectivity index (χ0n) is 15.1. The van der Waals surface area contributed by atoms with Gasteiger partial charge < -0.3 is 14.5 Å². The molecule has 0 spiro atoms. The van der Waals surface area contributed by atoms with Gasteiger partial charge in [-0.2, -0.15) is 5.10 Å². The van der Waals surface area contributed by atoms with Crippen LogP contribution in [0.1, 0.15) is 11.1 Å². The first-order valence-corrected chi connectivity index (χ1v) is 8.32. The zero-order valence-corrected chi connectivity index (χ0v) is 15.1. The monoisotopic (exact) mass is 378 g/mol. The molecule has 9 heteroatoms. The lowest BCUT2D eigenvalue weighted by Crippen LogP contribution is -1.98. The van der Waals surface area contributed by atoms with E-state index in [0.717, 1.165) is 0 Å². The number of nitrogens with zero attached hydrogens (tertiary/aromatic N) is 4. The molecular formula is C19H15FN6O2. The fraction of sp³-hybridized carbons (Fsp3) is 0.158. The minimum atomic E-state index is -0.439. The number of carbonyl (C=O) groups excluding carboxylic acids is 1. The molecule has 3 aromatic heterocycles. The number of ether oxygens (including phenoxy) is 1. The van der Waals surface area contributed by atoms with E-state index in [1.807, 2.05) is 0 Å². The lowest BCUT2D eigenvalue weighted by atomic mass is 9.97. The Kier molecular flexibility index (Phi) is 4.47. The van der Waals surface area contributed by atoms with Gasteiger partial charge in [0.05, 0.1) is 35.4 Å². The quantitative estimate of drug-likeness (QED) is 0.419. The second-order valence-electron chi connectivity index (χ2n) is 6.01. The van der Waals surface area contributed by atoms with Crippen molar-refractivity contribution in [2.45, 2.75) is 6.92 Å². The van der Waals surface area contributed by atoms with Crippen LogP contribution in [0.25, 0.3) is 27.8 Å². The van der Waals surface area contributed by atoms with Crippen LogP contribution in [0.4, 0.5) is 10.2 Å². The number of hydrogen-bond donors (Lipinski definition) is 2. The van der Waals surface area contributed by atoms with E-state index in [1.54, 1.807) is 36.1 Å². The first-order chi connectivity index (χ1) is 13.6. The molecule has 0 radical (unpaired) electrons. The predicted octanol–water partition coefficient (Wildman–Crippen LogP) is 2.29. The lowest BCUT2D eigenvalue weighted by Gasteiger charge is -2.10. The number of nitrogens with one attached hydrogen (secondary N) is 2. The smallest absolute Gasteiger partial charge is 0.212 e. The SMILES string of the molecule is COCC#Cc1c(F)c(C)c(-c2cn3cc(NC=O)nc3cn2)c2cn[nH]c12. The fourth-order valence-electron chi connectivity index (χ4n) is 3.08. The second-order valence-corrected chi connectivity index (χ2v) is 6.01. The number of H-pyrrole nitrogens is 1. The molecule has 0 atom stereocenters. The Morgan fingerprint density at radius 2 is 2.25 bits per heavy atom. The van der Waals surface area contributed by atoms with Gasteiger partial charge in [-0.1, -0.05) is 11.8 Å². The number of aromatic nitrogens is 5. The van der Waals surface area contributed by atoms with Gasteiger partial charge in [-0.05, 0) is 12.5 Å². The number of rotatable bonds is 4. The van der Waals surface area contributed by atoms with Crippen molar-refractivity contribution in [1.29, 1.82) is 0 Å². The maximum Gasteiger partial charge on any atom is 0.212 e. The lowest BCUT2D eigenvalue weighted by molar-refractivity contribution is -0.105. The molecule has 28 heavy (non-hydrogen) atoms. The van der Waals surface area contributed by atoms with Gasteiger partial charge in [-0.3, -0.25) is 14.9 Å². The van der Waals surface area contributed by atoms with Gasteiger partial charge in [0.2, 0.25) is 6.41 Å². The van der Waals surface area contributed by atoms with Crippen LogP contribution in [0.2, 0.25) is 0 Å². The number of anilines is 1. The molecule has 3 heterocycles. The Labute approximate surface area is 158 Å². The average Bonchev–Trinajstić information content (AvgIpc) is 3.31. The van der Waals surface area contributed by atoms with Gasteiger partial charge >= 0.3 is 0 Å². The number of imidazole rings is 1. The van der Waals surface area contributed by atoms with Gasteiger partial charge in [0, 0.05) is 24.3 Å². The molecule has 0 aliphatic carbocycles. The standard InChI is InChI=1S/C19H15FN6O2/c1-11-17(14-8-26-9-15(22-10-27)24-16(26)7-21-14)13-6-23-25-19(13)12(18(11)20)4-3-5-28-2/h6-10H,5H2,1-2H3,(H,22,27)(H,23,25). The number of amides is 1. The fourth-order valence-corrected chi connectivity index (χ4v) is 3.08. The molecule has 8 nitrogen and oxygen atoms in total. The first-order valence-electron chi connectivity index (χ1n) is 8.32. The molecule has 0 bridgehead atoms. The van der Waals surface area contributed by atoms with Crippen molar-refractivity contribution in [1.82, 2.24) is 24.6 Å². The van der Waals surface area contributed by atoms with Crippen LogP contribution in [-0.4, -0.2) is 44.7 Å². The maximum absolute atomic E-state index is 15.1. The van der Waals surface area contributed by atoms with Crippen LogP contribution in [0, 0.1) is 24.6 Å². The number of fused-ring (bicyclic) bond motifs is 2. The summed E-state index contributed by atoms with van der Waals surface area (Å²) in [5.41, 5.74) is 2.86. The van der Waals surface area contributed by atoms with Crippen molar-refractivity contribution in [3.05, 3.63) is 41.7 Å². The van der Waals surface area contributed by atoms with Crippen molar-refractivity contribution in [2.75, 3.05) is 19.0 Å². The Morgan fingerprint density at radius 3 is 3.04 bits per heavy atom. The number of benzene rings is 1. The summed E-state index contributed by atoms with van der Waals surface area (Å²) in [5.74, 6) is 5.55. The molecule has 1 amide bonds. The molecule has 4 rings (SSSR count). The molecular weight excluding hydrogens is 363 g/mol. The summed E-state index contributed by atoms with van der Waals surface area (Å²) in [6.07, 6.45) is 7.10. The van der Waals surface area contributed by atoms with E-state index in [2.05, 4.69) is 37.3 Å². The summed E-state index contributed by atoms with van der Waals surface area (Å²) in [5, 5.41) is 10.1. The molecule has 0 aliphatic heterocycles. The van der Waals surface area contributed by atoms with E-state index in [4.69, 9.17) is 4.74 Å². The van der Waals surface area contributed by atoms with Crippen molar-refractivity contribution in [2.24, 2.45) is 0 Å². The number of carbonyl (C=O) groups is 1. The highest BCUT2D eigenvalue weighted by Gasteiger charge is 2.20. The van der Waals surface area contributed by atoms with Crippen LogP contribution in [-0.2, 0) is 9.53 Å². The maximum atomic E-state index is 15.1. The summed E-state index contributed by atoms with van der Waals surface area (Å²) in [7, 11) is 1.53. The van der Waals surface area contributed by atoms with Gasteiger partial charge in [0.15, 0.2) is 11.5 Å². The minimum Gasteiger partial charge on any atom is -0.372 e. The van der Waals surface area contributed by atoms with Gasteiger partial charge in [-0.15, -0.1) is 0 Å². The first kappa shape index (κ1) is 17.6. The van der Waals surface area contributed by atoms with Crippen molar-refractivity contribution in [3.63, 3.8) is 0 Å². The van der Waals surface area contributed by atoms with E-state index in [0.29, 0.717) is 45.6 Å². The number of aromatic amines is 1. The number of methoxy groups -OCH3 is 1. The summed E-state index contributed by atoms with van der Waals surface area (Å²) in [6, 6.07) is 0. The zero-order chi connectivity index (χ0) is 19.7. The van der Waals surface area contributed by atoms with Gasteiger partial charge in [-0.25, -0.2) is 9.37 Å². The number of halogens is 1.